The third kappa shape index (κ3) is 8.16. The molecular formula is C28H39ClF3N5O4S. The number of amides is 1. The zero-order chi connectivity index (χ0) is 30.4. The van der Waals surface area contributed by atoms with Crippen LogP contribution in [0.25, 0.3) is 11.3 Å². The van der Waals surface area contributed by atoms with E-state index in [2.05, 4.69) is 20.7 Å². The first kappa shape index (κ1) is 32.5. The summed E-state index contributed by atoms with van der Waals surface area (Å²) in [6.07, 6.45) is 2.26. The smallest absolute Gasteiger partial charge is 0.391 e. The van der Waals surface area contributed by atoms with Crippen LogP contribution in [0.1, 0.15) is 68.8 Å². The Morgan fingerprint density at radius 3 is 2.33 bits per heavy atom. The minimum atomic E-state index is -4.12. The lowest BCUT2D eigenvalue weighted by Gasteiger charge is -2.30. The number of aryl methyl sites for hydroxylation is 1. The summed E-state index contributed by atoms with van der Waals surface area (Å²) in [5.74, 6) is 0.372. The van der Waals surface area contributed by atoms with Crippen LogP contribution in [-0.2, 0) is 17.6 Å². The normalized spacial score (nSPS) is 23.8. The topological polar surface area (TPSA) is 118 Å². The molecule has 42 heavy (non-hydrogen) atoms. The Morgan fingerprint density at radius 1 is 1.12 bits per heavy atom. The van der Waals surface area contributed by atoms with Gasteiger partial charge in [0, 0.05) is 31.9 Å². The standard InChI is InChI=1S/C28H39ClF3N5O4S/c1-3-37-26(24(29)25(36-37)27(38)35-14-17-4-6-19(7-5-17)16-42(39)40)21-15-34-23(12-22(21)41-2)33-13-18-8-10-20(11-9-18)28(30,31)32/h12,15,17-20H,3-11,13-14,16H2,1-2H3,(H,33,34)(H,35,38)(H,39,40). The first-order chi connectivity index (χ1) is 20.0. The largest absolute Gasteiger partial charge is 0.496 e. The molecule has 2 saturated carbocycles. The summed E-state index contributed by atoms with van der Waals surface area (Å²) < 4.78 is 66.4. The van der Waals surface area contributed by atoms with Crippen LogP contribution in [0.15, 0.2) is 12.3 Å². The summed E-state index contributed by atoms with van der Waals surface area (Å²) in [6, 6.07) is 1.71. The third-order valence-electron chi connectivity index (χ3n) is 8.53. The van der Waals surface area contributed by atoms with Crippen molar-refractivity contribution in [3.05, 3.63) is 23.0 Å². The Hall–Kier alpha value is -2.38. The number of rotatable bonds is 11. The monoisotopic (exact) mass is 633 g/mol. The number of halogens is 4. The Morgan fingerprint density at radius 2 is 1.74 bits per heavy atom. The third-order valence-corrected chi connectivity index (χ3v) is 9.64. The van der Waals surface area contributed by atoms with E-state index in [1.54, 1.807) is 16.9 Å². The highest BCUT2D eigenvalue weighted by atomic mass is 35.5. The summed E-state index contributed by atoms with van der Waals surface area (Å²) in [7, 11) is 1.52. The van der Waals surface area contributed by atoms with E-state index in [9.17, 15) is 22.2 Å². The van der Waals surface area contributed by atoms with Crippen LogP contribution < -0.4 is 15.4 Å². The van der Waals surface area contributed by atoms with E-state index in [4.69, 9.17) is 20.9 Å². The maximum absolute atomic E-state index is 13.1. The Bertz CT molecular complexity index is 1240. The van der Waals surface area contributed by atoms with E-state index in [0.717, 1.165) is 25.7 Å². The highest BCUT2D eigenvalue weighted by Gasteiger charge is 2.41. The van der Waals surface area contributed by atoms with Crippen molar-refractivity contribution < 1.29 is 31.5 Å². The van der Waals surface area contributed by atoms with Crippen LogP contribution in [0.4, 0.5) is 19.0 Å². The SMILES string of the molecule is CCn1nc(C(=O)NCC2CCC(CS(=O)O)CC2)c(Cl)c1-c1cnc(NCC2CCC(C(F)(F)F)CC2)cc1OC. The van der Waals surface area contributed by atoms with Crippen LogP contribution in [0, 0.1) is 23.7 Å². The molecule has 0 spiro atoms. The Labute approximate surface area is 251 Å². The second kappa shape index (κ2) is 14.4. The summed E-state index contributed by atoms with van der Waals surface area (Å²) in [5, 5.41) is 10.8. The number of nitrogens with zero attached hydrogens (tertiary/aromatic N) is 3. The number of hydrogen-bond donors (Lipinski definition) is 3. The Balaban J connectivity index is 1.39. The molecule has 2 aromatic heterocycles. The van der Waals surface area contributed by atoms with Crippen molar-refractivity contribution in [2.45, 2.75) is 71.0 Å². The molecule has 4 rings (SSSR count). The van der Waals surface area contributed by atoms with Crippen LogP contribution in [0.2, 0.25) is 5.02 Å². The fraction of sp³-hybridized carbons (Fsp3) is 0.679. The van der Waals surface area contributed by atoms with E-state index in [0.29, 0.717) is 61.1 Å². The van der Waals surface area contributed by atoms with Crippen LogP contribution >= 0.6 is 11.6 Å². The Kier molecular flexibility index (Phi) is 11.1. The molecule has 2 aliphatic carbocycles. The van der Waals surface area contributed by atoms with E-state index in [-0.39, 0.29) is 47.2 Å². The van der Waals surface area contributed by atoms with Crippen molar-refractivity contribution in [2.24, 2.45) is 23.7 Å². The molecule has 0 saturated heterocycles. The lowest BCUT2D eigenvalue weighted by atomic mass is 9.81. The molecule has 3 N–H and O–H groups in total. The number of methoxy groups -OCH3 is 1. The minimum absolute atomic E-state index is 0.108. The number of anilines is 1. The van der Waals surface area contributed by atoms with Gasteiger partial charge in [-0.2, -0.15) is 18.3 Å². The van der Waals surface area contributed by atoms with E-state index >= 15 is 0 Å². The molecule has 0 aromatic carbocycles. The molecule has 234 valence electrons. The van der Waals surface area contributed by atoms with Gasteiger partial charge in [-0.15, -0.1) is 0 Å². The summed E-state index contributed by atoms with van der Waals surface area (Å²) in [4.78, 5) is 17.6. The molecule has 1 amide bonds. The van der Waals surface area contributed by atoms with Crippen molar-refractivity contribution in [3.63, 3.8) is 0 Å². The molecule has 2 fully saturated rings. The molecule has 1 atom stereocenters. The van der Waals surface area contributed by atoms with E-state index < -0.39 is 23.2 Å². The molecule has 0 aliphatic heterocycles. The lowest BCUT2D eigenvalue weighted by Crippen LogP contribution is -2.32. The van der Waals surface area contributed by atoms with Gasteiger partial charge in [-0.3, -0.25) is 9.48 Å². The second-order valence-corrected chi connectivity index (χ2v) is 12.7. The number of hydrogen-bond acceptors (Lipinski definition) is 6. The molecule has 2 aromatic rings. The van der Waals surface area contributed by atoms with Crippen molar-refractivity contribution in [1.29, 1.82) is 0 Å². The highest BCUT2D eigenvalue weighted by Crippen LogP contribution is 2.40. The number of carbonyl (C=O) groups is 1. The average molecular weight is 634 g/mol. The van der Waals surface area contributed by atoms with E-state index in [1.807, 2.05) is 6.92 Å². The number of carbonyl (C=O) groups excluding carboxylic acids is 1. The van der Waals surface area contributed by atoms with Gasteiger partial charge in [0.1, 0.15) is 11.6 Å². The van der Waals surface area contributed by atoms with Gasteiger partial charge >= 0.3 is 6.18 Å². The highest BCUT2D eigenvalue weighted by molar-refractivity contribution is 7.79. The molecule has 1 unspecified atom stereocenters. The first-order valence-corrected chi connectivity index (χ1v) is 16.1. The van der Waals surface area contributed by atoms with Crippen molar-refractivity contribution >= 4 is 34.4 Å². The zero-order valence-corrected chi connectivity index (χ0v) is 25.5. The van der Waals surface area contributed by atoms with Gasteiger partial charge in [0.25, 0.3) is 5.91 Å². The predicted octanol–water partition coefficient (Wildman–Crippen LogP) is 6.17. The van der Waals surface area contributed by atoms with Crippen LogP contribution in [0.3, 0.4) is 0 Å². The maximum Gasteiger partial charge on any atom is 0.391 e. The molecule has 14 heteroatoms. The molecular weight excluding hydrogens is 595 g/mol. The van der Waals surface area contributed by atoms with Gasteiger partial charge in [-0.25, -0.2) is 9.19 Å². The summed E-state index contributed by atoms with van der Waals surface area (Å²) in [5.41, 5.74) is 1.17. The summed E-state index contributed by atoms with van der Waals surface area (Å²) >= 11 is 4.94. The van der Waals surface area contributed by atoms with Crippen molar-refractivity contribution in [1.82, 2.24) is 20.1 Å². The number of nitrogens with one attached hydrogen (secondary N) is 2. The maximum atomic E-state index is 13.1. The first-order valence-electron chi connectivity index (χ1n) is 14.5. The number of ether oxygens (including phenoxy) is 1. The van der Waals surface area contributed by atoms with Gasteiger partial charge in [0.15, 0.2) is 16.8 Å². The number of aromatic nitrogens is 3. The quantitative estimate of drug-likeness (QED) is 0.254. The minimum Gasteiger partial charge on any atom is -0.496 e. The van der Waals surface area contributed by atoms with Gasteiger partial charge < -0.3 is 19.9 Å². The zero-order valence-electron chi connectivity index (χ0n) is 23.9. The van der Waals surface area contributed by atoms with Gasteiger partial charge in [-0.1, -0.05) is 11.6 Å². The average Bonchev–Trinajstić information content (AvgIpc) is 3.30. The molecule has 0 bridgehead atoms. The fourth-order valence-electron chi connectivity index (χ4n) is 6.02. The molecule has 0 radical (unpaired) electrons. The van der Waals surface area contributed by atoms with Gasteiger partial charge in [0.05, 0.1) is 35.1 Å². The van der Waals surface area contributed by atoms with Gasteiger partial charge in [-0.05, 0) is 76.0 Å². The molecule has 2 heterocycles. The van der Waals surface area contributed by atoms with E-state index in [1.165, 1.54) is 7.11 Å². The number of pyridine rings is 1. The number of alkyl halides is 3. The van der Waals surface area contributed by atoms with Crippen LogP contribution in [-0.4, -0.2) is 61.6 Å². The van der Waals surface area contributed by atoms with Gasteiger partial charge in [0.2, 0.25) is 0 Å². The van der Waals surface area contributed by atoms with Crippen molar-refractivity contribution in [2.75, 3.05) is 31.3 Å². The summed E-state index contributed by atoms with van der Waals surface area (Å²) in [6.45, 7) is 3.32. The second-order valence-electron chi connectivity index (χ2n) is 11.3. The molecule has 9 nitrogen and oxygen atoms in total. The van der Waals surface area contributed by atoms with Crippen LogP contribution in [0.5, 0.6) is 5.75 Å². The fourth-order valence-corrected chi connectivity index (χ4v) is 7.08. The van der Waals surface area contributed by atoms with Crippen molar-refractivity contribution in [3.8, 4) is 17.0 Å². The lowest BCUT2D eigenvalue weighted by molar-refractivity contribution is -0.183. The predicted molar refractivity (Wildman–Crippen MR) is 156 cm³/mol. The molecule has 2 aliphatic rings.